The van der Waals surface area contributed by atoms with Crippen molar-refractivity contribution in [2.75, 3.05) is 7.05 Å². The lowest BCUT2D eigenvalue weighted by Crippen LogP contribution is -2.41. The summed E-state index contributed by atoms with van der Waals surface area (Å²) in [6.07, 6.45) is 6.40. The Bertz CT molecular complexity index is 391. The normalized spacial score (nSPS) is 23.9. The summed E-state index contributed by atoms with van der Waals surface area (Å²) in [5, 5.41) is 6.46. The molecule has 4 heteroatoms. The molecule has 18 heavy (non-hydrogen) atoms. The third-order valence-electron chi connectivity index (χ3n) is 3.87. The fourth-order valence-electron chi connectivity index (χ4n) is 2.68. The average molecular weight is 249 g/mol. The van der Waals surface area contributed by atoms with Crippen molar-refractivity contribution in [2.45, 2.75) is 51.2 Å². The van der Waals surface area contributed by atoms with E-state index >= 15 is 0 Å². The van der Waals surface area contributed by atoms with Crippen LogP contribution in [0.3, 0.4) is 0 Å². The van der Waals surface area contributed by atoms with E-state index in [9.17, 15) is 4.79 Å². The molecule has 1 amide bonds. The molecule has 0 saturated heterocycles. The van der Waals surface area contributed by atoms with Gasteiger partial charge in [-0.15, -0.1) is 0 Å². The van der Waals surface area contributed by atoms with E-state index in [1.807, 2.05) is 29.9 Å². The fourth-order valence-corrected chi connectivity index (χ4v) is 2.68. The minimum Gasteiger partial charge on any atom is -0.348 e. The van der Waals surface area contributed by atoms with Crippen molar-refractivity contribution >= 4 is 5.91 Å². The predicted molar refractivity (Wildman–Crippen MR) is 72.7 cm³/mol. The van der Waals surface area contributed by atoms with Gasteiger partial charge in [0.25, 0.3) is 5.91 Å². The van der Waals surface area contributed by atoms with Crippen LogP contribution in [-0.4, -0.2) is 29.6 Å². The van der Waals surface area contributed by atoms with Crippen molar-refractivity contribution in [3.05, 3.63) is 24.0 Å². The van der Waals surface area contributed by atoms with Crippen molar-refractivity contribution in [1.29, 1.82) is 0 Å². The summed E-state index contributed by atoms with van der Waals surface area (Å²) in [6.45, 7) is 2.89. The van der Waals surface area contributed by atoms with Gasteiger partial charge in [0.05, 0.1) is 0 Å². The Morgan fingerprint density at radius 2 is 2.00 bits per heavy atom. The third kappa shape index (κ3) is 2.93. The van der Waals surface area contributed by atoms with E-state index in [4.69, 9.17) is 0 Å². The monoisotopic (exact) mass is 249 g/mol. The Morgan fingerprint density at radius 3 is 2.61 bits per heavy atom. The number of hydrogen-bond acceptors (Lipinski definition) is 2. The molecular formula is C14H23N3O. The molecule has 1 aromatic rings. The molecule has 0 aliphatic heterocycles. The van der Waals surface area contributed by atoms with Gasteiger partial charge in [0.2, 0.25) is 0 Å². The van der Waals surface area contributed by atoms with Gasteiger partial charge in [-0.2, -0.15) is 0 Å². The molecule has 2 rings (SSSR count). The van der Waals surface area contributed by atoms with E-state index in [2.05, 4.69) is 17.6 Å². The maximum absolute atomic E-state index is 12.2. The van der Waals surface area contributed by atoms with Crippen LogP contribution in [0.4, 0.5) is 0 Å². The largest absolute Gasteiger partial charge is 0.348 e. The lowest BCUT2D eigenvalue weighted by molar-refractivity contribution is 0.0915. The summed E-state index contributed by atoms with van der Waals surface area (Å²) in [4.78, 5) is 12.2. The van der Waals surface area contributed by atoms with E-state index in [0.29, 0.717) is 12.1 Å². The van der Waals surface area contributed by atoms with Gasteiger partial charge in [0, 0.05) is 24.8 Å². The topological polar surface area (TPSA) is 46.1 Å². The first kappa shape index (κ1) is 13.1. The van der Waals surface area contributed by atoms with Gasteiger partial charge in [-0.05, 0) is 51.8 Å². The molecule has 0 atom stereocenters. The minimum absolute atomic E-state index is 0.0646. The molecule has 1 saturated carbocycles. The van der Waals surface area contributed by atoms with Crippen molar-refractivity contribution in [1.82, 2.24) is 15.2 Å². The summed E-state index contributed by atoms with van der Waals surface area (Å²) >= 11 is 0. The van der Waals surface area contributed by atoms with E-state index in [0.717, 1.165) is 37.9 Å². The van der Waals surface area contributed by atoms with E-state index in [1.54, 1.807) is 0 Å². The van der Waals surface area contributed by atoms with Crippen LogP contribution in [0, 0.1) is 0 Å². The highest BCUT2D eigenvalue weighted by Crippen LogP contribution is 2.18. The number of carbonyl (C=O) groups excluding carboxylic acids is 1. The summed E-state index contributed by atoms with van der Waals surface area (Å²) in [6, 6.07) is 4.77. The lowest BCUT2D eigenvalue weighted by atomic mass is 9.91. The van der Waals surface area contributed by atoms with Crippen molar-refractivity contribution in [3.63, 3.8) is 0 Å². The number of amides is 1. The van der Waals surface area contributed by atoms with Crippen molar-refractivity contribution in [3.8, 4) is 0 Å². The molecule has 100 valence electrons. The number of nitrogens with zero attached hydrogens (tertiary/aromatic N) is 1. The highest BCUT2D eigenvalue weighted by atomic mass is 16.2. The Hall–Kier alpha value is -1.29. The molecule has 0 aromatic carbocycles. The third-order valence-corrected chi connectivity index (χ3v) is 3.87. The summed E-state index contributed by atoms with van der Waals surface area (Å²) in [5.74, 6) is 0.0646. The SMILES string of the molecule is CCn1cccc1C(=O)NC1CCC(NC)CC1. The summed E-state index contributed by atoms with van der Waals surface area (Å²) in [5.41, 5.74) is 0.772. The van der Waals surface area contributed by atoms with Crippen LogP contribution in [0.25, 0.3) is 0 Å². The molecular weight excluding hydrogens is 226 g/mol. The summed E-state index contributed by atoms with van der Waals surface area (Å²) in [7, 11) is 2.01. The fraction of sp³-hybridized carbons (Fsp3) is 0.643. The molecule has 1 heterocycles. The van der Waals surface area contributed by atoms with Crippen LogP contribution in [0.2, 0.25) is 0 Å². The molecule has 1 aliphatic carbocycles. The molecule has 4 nitrogen and oxygen atoms in total. The zero-order valence-corrected chi connectivity index (χ0v) is 11.3. The maximum Gasteiger partial charge on any atom is 0.268 e. The Morgan fingerprint density at radius 1 is 1.33 bits per heavy atom. The highest BCUT2D eigenvalue weighted by molar-refractivity contribution is 5.92. The quantitative estimate of drug-likeness (QED) is 0.854. The number of aromatic nitrogens is 1. The molecule has 0 radical (unpaired) electrons. The van der Waals surface area contributed by atoms with Crippen LogP contribution in [0.5, 0.6) is 0 Å². The minimum atomic E-state index is 0.0646. The molecule has 0 unspecified atom stereocenters. The van der Waals surface area contributed by atoms with Gasteiger partial charge in [0.1, 0.15) is 5.69 Å². The van der Waals surface area contributed by atoms with Crippen LogP contribution < -0.4 is 10.6 Å². The zero-order chi connectivity index (χ0) is 13.0. The molecule has 0 bridgehead atoms. The smallest absolute Gasteiger partial charge is 0.268 e. The number of hydrogen-bond donors (Lipinski definition) is 2. The van der Waals surface area contributed by atoms with Crippen molar-refractivity contribution in [2.24, 2.45) is 0 Å². The van der Waals surface area contributed by atoms with Crippen molar-refractivity contribution < 1.29 is 4.79 Å². The van der Waals surface area contributed by atoms with Gasteiger partial charge >= 0.3 is 0 Å². The first-order chi connectivity index (χ1) is 8.74. The van der Waals surface area contributed by atoms with Crippen LogP contribution in [-0.2, 0) is 6.54 Å². The second kappa shape index (κ2) is 6.05. The van der Waals surface area contributed by atoms with Gasteiger partial charge in [-0.3, -0.25) is 4.79 Å². The average Bonchev–Trinajstić information content (AvgIpc) is 2.88. The highest BCUT2D eigenvalue weighted by Gasteiger charge is 2.22. The molecule has 0 spiro atoms. The Labute approximate surface area is 109 Å². The van der Waals surface area contributed by atoms with Crippen LogP contribution >= 0.6 is 0 Å². The van der Waals surface area contributed by atoms with E-state index < -0.39 is 0 Å². The number of aryl methyl sites for hydroxylation is 1. The lowest BCUT2D eigenvalue weighted by Gasteiger charge is -2.28. The molecule has 1 aliphatic rings. The zero-order valence-electron chi connectivity index (χ0n) is 11.3. The number of carbonyl (C=O) groups is 1. The van der Waals surface area contributed by atoms with Gasteiger partial charge in [0.15, 0.2) is 0 Å². The first-order valence-electron chi connectivity index (χ1n) is 6.87. The molecule has 1 fully saturated rings. The second-order valence-corrected chi connectivity index (χ2v) is 4.99. The van der Waals surface area contributed by atoms with Gasteiger partial charge < -0.3 is 15.2 Å². The molecule has 2 N–H and O–H groups in total. The van der Waals surface area contributed by atoms with Gasteiger partial charge in [-0.1, -0.05) is 0 Å². The Kier molecular flexibility index (Phi) is 4.42. The van der Waals surface area contributed by atoms with Gasteiger partial charge in [-0.25, -0.2) is 0 Å². The number of rotatable bonds is 4. The molecule has 1 aromatic heterocycles. The Balaban J connectivity index is 1.89. The summed E-state index contributed by atoms with van der Waals surface area (Å²) < 4.78 is 1.98. The number of nitrogens with one attached hydrogen (secondary N) is 2. The predicted octanol–water partition coefficient (Wildman–Crippen LogP) is 1.77. The second-order valence-electron chi connectivity index (χ2n) is 4.99. The standard InChI is InChI=1S/C14H23N3O/c1-3-17-10-4-5-13(17)14(18)16-12-8-6-11(15-2)7-9-12/h4-5,10-12,15H,3,6-9H2,1-2H3,(H,16,18). The first-order valence-corrected chi connectivity index (χ1v) is 6.87. The van der Waals surface area contributed by atoms with E-state index in [1.165, 1.54) is 0 Å². The maximum atomic E-state index is 12.2. The van der Waals surface area contributed by atoms with Crippen LogP contribution in [0.15, 0.2) is 18.3 Å². The van der Waals surface area contributed by atoms with Crippen LogP contribution in [0.1, 0.15) is 43.1 Å². The van der Waals surface area contributed by atoms with E-state index in [-0.39, 0.29) is 5.91 Å².